The molecule has 4 nitrogen and oxygen atoms in total. The molecule has 0 atom stereocenters. The zero-order chi connectivity index (χ0) is 12.7. The highest BCUT2D eigenvalue weighted by Gasteiger charge is 2.29. The molecule has 2 heterocycles. The number of rotatable bonds is 2. The smallest absolute Gasteiger partial charge is 0.265 e. The van der Waals surface area contributed by atoms with Crippen LogP contribution in [0.5, 0.6) is 0 Å². The van der Waals surface area contributed by atoms with Crippen molar-refractivity contribution in [2.75, 3.05) is 0 Å². The Bertz CT molecular complexity index is 662. The minimum absolute atomic E-state index is 0.134. The van der Waals surface area contributed by atoms with Crippen molar-refractivity contribution in [1.82, 2.24) is 15.0 Å². The van der Waals surface area contributed by atoms with Gasteiger partial charge in [0.1, 0.15) is 10.2 Å². The minimum Gasteiger partial charge on any atom is -0.304 e. The fraction of sp³-hybridized carbons (Fsp3) is 0.308. The molecule has 92 valence electrons. The highest BCUT2D eigenvalue weighted by molar-refractivity contribution is 9.10. The first kappa shape index (κ1) is 11.6. The van der Waals surface area contributed by atoms with Crippen molar-refractivity contribution in [3.05, 3.63) is 44.4 Å². The van der Waals surface area contributed by atoms with E-state index in [2.05, 4.69) is 30.9 Å². The van der Waals surface area contributed by atoms with Crippen LogP contribution >= 0.6 is 15.9 Å². The Hall–Kier alpha value is -1.49. The van der Waals surface area contributed by atoms with Gasteiger partial charge in [0.05, 0.1) is 5.69 Å². The topological polar surface area (TPSA) is 58.6 Å². The fourth-order valence-electron chi connectivity index (χ4n) is 1.90. The van der Waals surface area contributed by atoms with Crippen molar-refractivity contribution in [2.45, 2.75) is 25.7 Å². The summed E-state index contributed by atoms with van der Waals surface area (Å²) < 4.78 is 0.557. The lowest BCUT2D eigenvalue weighted by atomic mass is 10.2. The van der Waals surface area contributed by atoms with Crippen molar-refractivity contribution < 1.29 is 0 Å². The highest BCUT2D eigenvalue weighted by atomic mass is 79.9. The van der Waals surface area contributed by atoms with Gasteiger partial charge in [0.2, 0.25) is 0 Å². The molecular formula is C13H12BrN3O. The first-order valence-corrected chi connectivity index (χ1v) is 6.68. The Morgan fingerprint density at radius 1 is 1.33 bits per heavy atom. The molecule has 0 spiro atoms. The first-order valence-electron chi connectivity index (χ1n) is 5.89. The SMILES string of the molecule is Cc1cccc(-c2nc(C3CC3)c(Br)c(=O)[nH]2)n1. The van der Waals surface area contributed by atoms with Gasteiger partial charge in [0.15, 0.2) is 5.82 Å². The number of H-pyrrole nitrogens is 1. The van der Waals surface area contributed by atoms with Gasteiger partial charge in [-0.25, -0.2) is 9.97 Å². The molecule has 1 saturated carbocycles. The van der Waals surface area contributed by atoms with E-state index in [1.807, 2.05) is 25.1 Å². The molecule has 0 radical (unpaired) electrons. The van der Waals surface area contributed by atoms with E-state index in [9.17, 15) is 4.79 Å². The van der Waals surface area contributed by atoms with Crippen molar-refractivity contribution in [2.24, 2.45) is 0 Å². The van der Waals surface area contributed by atoms with Crippen LogP contribution in [0.25, 0.3) is 11.5 Å². The second-order valence-electron chi connectivity index (χ2n) is 4.55. The van der Waals surface area contributed by atoms with Crippen LogP contribution in [0.3, 0.4) is 0 Å². The largest absolute Gasteiger partial charge is 0.304 e. The van der Waals surface area contributed by atoms with E-state index in [1.54, 1.807) is 0 Å². The maximum Gasteiger partial charge on any atom is 0.265 e. The van der Waals surface area contributed by atoms with E-state index in [0.29, 0.717) is 21.9 Å². The minimum atomic E-state index is -0.134. The van der Waals surface area contributed by atoms with Crippen LogP contribution in [-0.4, -0.2) is 15.0 Å². The second-order valence-corrected chi connectivity index (χ2v) is 5.35. The molecule has 1 aliphatic rings. The summed E-state index contributed by atoms with van der Waals surface area (Å²) in [4.78, 5) is 23.6. The van der Waals surface area contributed by atoms with Gasteiger partial charge in [-0.1, -0.05) is 6.07 Å². The van der Waals surface area contributed by atoms with Crippen LogP contribution in [-0.2, 0) is 0 Å². The summed E-state index contributed by atoms with van der Waals surface area (Å²) in [5, 5.41) is 0. The Labute approximate surface area is 113 Å². The van der Waals surface area contributed by atoms with Gasteiger partial charge in [-0.05, 0) is 47.8 Å². The lowest BCUT2D eigenvalue weighted by Crippen LogP contribution is -2.13. The van der Waals surface area contributed by atoms with Gasteiger partial charge in [0.25, 0.3) is 5.56 Å². The standard InChI is InChI=1S/C13H12BrN3O/c1-7-3-2-4-9(15-7)12-16-11(8-5-6-8)10(14)13(18)17-12/h2-4,8H,5-6H2,1H3,(H,16,17,18). The molecular weight excluding hydrogens is 294 g/mol. The number of nitrogens with one attached hydrogen (secondary N) is 1. The van der Waals surface area contributed by atoms with Gasteiger partial charge in [-0.2, -0.15) is 0 Å². The maximum atomic E-state index is 11.9. The molecule has 1 aliphatic carbocycles. The summed E-state index contributed by atoms with van der Waals surface area (Å²) in [6.45, 7) is 1.92. The zero-order valence-corrected chi connectivity index (χ0v) is 11.5. The lowest BCUT2D eigenvalue weighted by Gasteiger charge is -2.05. The number of hydrogen-bond acceptors (Lipinski definition) is 3. The summed E-state index contributed by atoms with van der Waals surface area (Å²) in [5.41, 5.74) is 2.34. The van der Waals surface area contributed by atoms with Crippen LogP contribution in [0.4, 0.5) is 0 Å². The third-order valence-electron chi connectivity index (χ3n) is 2.98. The summed E-state index contributed by atoms with van der Waals surface area (Å²) in [7, 11) is 0. The molecule has 0 unspecified atom stereocenters. The fourth-order valence-corrected chi connectivity index (χ4v) is 2.41. The van der Waals surface area contributed by atoms with Crippen molar-refractivity contribution in [3.63, 3.8) is 0 Å². The van der Waals surface area contributed by atoms with Gasteiger partial charge in [0, 0.05) is 11.6 Å². The van der Waals surface area contributed by atoms with Crippen LogP contribution in [0.2, 0.25) is 0 Å². The number of pyridine rings is 1. The molecule has 3 rings (SSSR count). The predicted octanol–water partition coefficient (Wildman–Crippen LogP) is 2.78. The molecule has 1 N–H and O–H groups in total. The summed E-state index contributed by atoms with van der Waals surface area (Å²) in [6.07, 6.45) is 2.21. The van der Waals surface area contributed by atoms with Crippen LogP contribution in [0, 0.1) is 6.92 Å². The molecule has 2 aromatic rings. The summed E-state index contributed by atoms with van der Waals surface area (Å²) in [6, 6.07) is 5.69. The van der Waals surface area contributed by atoms with Gasteiger partial charge in [-0.3, -0.25) is 4.79 Å². The van der Waals surface area contributed by atoms with Crippen LogP contribution in [0.15, 0.2) is 27.5 Å². The van der Waals surface area contributed by atoms with E-state index < -0.39 is 0 Å². The second kappa shape index (κ2) is 4.31. The number of aromatic amines is 1. The molecule has 0 bridgehead atoms. The Morgan fingerprint density at radius 2 is 2.11 bits per heavy atom. The quantitative estimate of drug-likeness (QED) is 0.928. The normalized spacial score (nSPS) is 14.8. The molecule has 0 aliphatic heterocycles. The van der Waals surface area contributed by atoms with E-state index in [1.165, 1.54) is 0 Å². The number of nitrogens with zero attached hydrogens (tertiary/aromatic N) is 2. The Morgan fingerprint density at radius 3 is 2.78 bits per heavy atom. The van der Waals surface area contributed by atoms with Crippen LogP contribution < -0.4 is 5.56 Å². The molecule has 2 aromatic heterocycles. The number of aryl methyl sites for hydroxylation is 1. The Kier molecular flexibility index (Phi) is 2.78. The highest BCUT2D eigenvalue weighted by Crippen LogP contribution is 2.41. The third kappa shape index (κ3) is 2.10. The number of halogens is 1. The molecule has 0 amide bonds. The number of hydrogen-bond donors (Lipinski definition) is 1. The van der Waals surface area contributed by atoms with Crippen molar-refractivity contribution >= 4 is 15.9 Å². The third-order valence-corrected chi connectivity index (χ3v) is 3.75. The number of aromatic nitrogens is 3. The van der Waals surface area contributed by atoms with Crippen molar-refractivity contribution in [1.29, 1.82) is 0 Å². The molecule has 5 heteroatoms. The van der Waals surface area contributed by atoms with E-state index in [0.717, 1.165) is 24.2 Å². The molecule has 0 saturated heterocycles. The predicted molar refractivity (Wildman–Crippen MR) is 72.5 cm³/mol. The van der Waals surface area contributed by atoms with Gasteiger partial charge < -0.3 is 4.98 Å². The first-order chi connectivity index (χ1) is 8.65. The summed E-state index contributed by atoms with van der Waals surface area (Å²) in [5.74, 6) is 0.971. The van der Waals surface area contributed by atoms with E-state index >= 15 is 0 Å². The average molecular weight is 306 g/mol. The average Bonchev–Trinajstić information content (AvgIpc) is 3.16. The molecule has 0 aromatic carbocycles. The van der Waals surface area contributed by atoms with Crippen LogP contribution in [0.1, 0.15) is 30.1 Å². The summed E-state index contributed by atoms with van der Waals surface area (Å²) >= 11 is 3.32. The molecule has 1 fully saturated rings. The zero-order valence-electron chi connectivity index (χ0n) is 9.90. The lowest BCUT2D eigenvalue weighted by molar-refractivity contribution is 0.952. The molecule has 18 heavy (non-hydrogen) atoms. The Balaban J connectivity index is 2.15. The van der Waals surface area contributed by atoms with Gasteiger partial charge in [-0.15, -0.1) is 0 Å². The van der Waals surface area contributed by atoms with E-state index in [-0.39, 0.29) is 5.56 Å². The van der Waals surface area contributed by atoms with Gasteiger partial charge >= 0.3 is 0 Å². The maximum absolute atomic E-state index is 11.9. The van der Waals surface area contributed by atoms with E-state index in [4.69, 9.17) is 0 Å². The monoisotopic (exact) mass is 305 g/mol. The van der Waals surface area contributed by atoms with Crippen molar-refractivity contribution in [3.8, 4) is 11.5 Å².